The van der Waals surface area contributed by atoms with Crippen molar-refractivity contribution in [2.75, 3.05) is 26.2 Å². The monoisotopic (exact) mass is 514 g/mol. The maximum Gasteiger partial charge on any atom is 0.255 e. The first kappa shape index (κ1) is 24.0. The minimum absolute atomic E-state index is 0.118. The Labute approximate surface area is 220 Å². The highest BCUT2D eigenvalue weighted by molar-refractivity contribution is 7.13. The standard InChI is InChI=1S/C29H30N4O3S/c34-27-9-8-25(28(35)30-27)33-19-23-16-21(6-7-24(23)29(33)36)18-32-12-10-31(11-13-32)17-20-3-1-4-22(15-20)26-5-2-14-37-26/h1-7,14-16,25H,8-13,17-19H2,(H,30,34,35). The summed E-state index contributed by atoms with van der Waals surface area (Å²) in [7, 11) is 0. The Morgan fingerprint density at radius 2 is 1.62 bits per heavy atom. The van der Waals surface area contributed by atoms with E-state index in [1.165, 1.54) is 21.6 Å². The topological polar surface area (TPSA) is 73.0 Å². The van der Waals surface area contributed by atoms with Gasteiger partial charge in [-0.3, -0.25) is 29.5 Å². The third-order valence-corrected chi connectivity index (χ3v) is 8.52. The van der Waals surface area contributed by atoms with Crippen LogP contribution in [-0.2, 0) is 29.2 Å². The van der Waals surface area contributed by atoms with E-state index in [0.717, 1.165) is 44.8 Å². The second-order valence-electron chi connectivity index (χ2n) is 10.1. The average Bonchev–Trinajstić information content (AvgIpc) is 3.54. The van der Waals surface area contributed by atoms with Crippen LogP contribution in [0.5, 0.6) is 0 Å². The third kappa shape index (κ3) is 5.09. The lowest BCUT2D eigenvalue weighted by molar-refractivity contribution is -0.136. The Kier molecular flexibility index (Phi) is 6.63. The highest BCUT2D eigenvalue weighted by Crippen LogP contribution is 2.29. The predicted octanol–water partition coefficient (Wildman–Crippen LogP) is 3.49. The first-order chi connectivity index (χ1) is 18.0. The average molecular weight is 515 g/mol. The van der Waals surface area contributed by atoms with Crippen LogP contribution in [0.2, 0.25) is 0 Å². The predicted molar refractivity (Wildman–Crippen MR) is 143 cm³/mol. The molecule has 4 heterocycles. The minimum Gasteiger partial charge on any atom is -0.322 e. The van der Waals surface area contributed by atoms with E-state index in [4.69, 9.17) is 0 Å². The van der Waals surface area contributed by atoms with Crippen molar-refractivity contribution < 1.29 is 14.4 Å². The molecular formula is C29H30N4O3S. The molecule has 190 valence electrons. The Balaban J connectivity index is 1.04. The van der Waals surface area contributed by atoms with Crippen molar-refractivity contribution in [3.05, 3.63) is 82.2 Å². The zero-order valence-corrected chi connectivity index (χ0v) is 21.5. The number of benzene rings is 2. The van der Waals surface area contributed by atoms with Gasteiger partial charge in [0.2, 0.25) is 11.8 Å². The van der Waals surface area contributed by atoms with Crippen LogP contribution < -0.4 is 5.32 Å². The molecule has 0 spiro atoms. The lowest BCUT2D eigenvalue weighted by atomic mass is 10.0. The smallest absolute Gasteiger partial charge is 0.255 e. The minimum atomic E-state index is -0.569. The molecule has 1 unspecified atom stereocenters. The lowest BCUT2D eigenvalue weighted by Crippen LogP contribution is -2.52. The summed E-state index contributed by atoms with van der Waals surface area (Å²) in [5.74, 6) is -0.749. The molecule has 3 aliphatic rings. The molecule has 37 heavy (non-hydrogen) atoms. The largest absolute Gasteiger partial charge is 0.322 e. The normalized spacial score (nSPS) is 20.8. The van der Waals surface area contributed by atoms with Crippen molar-refractivity contribution in [1.82, 2.24) is 20.0 Å². The summed E-state index contributed by atoms with van der Waals surface area (Å²) in [5.41, 5.74) is 5.47. The van der Waals surface area contributed by atoms with Gasteiger partial charge in [0.15, 0.2) is 0 Å². The summed E-state index contributed by atoms with van der Waals surface area (Å²) in [6, 6.07) is 18.6. The molecule has 0 aliphatic carbocycles. The van der Waals surface area contributed by atoms with Crippen molar-refractivity contribution in [3.63, 3.8) is 0 Å². The summed E-state index contributed by atoms with van der Waals surface area (Å²) in [6.45, 7) is 6.29. The van der Waals surface area contributed by atoms with E-state index >= 15 is 0 Å². The summed E-state index contributed by atoms with van der Waals surface area (Å²) in [4.78, 5) is 44.6. The molecular weight excluding hydrogens is 484 g/mol. The number of hydrogen-bond donors (Lipinski definition) is 1. The van der Waals surface area contributed by atoms with E-state index < -0.39 is 6.04 Å². The molecule has 8 heteroatoms. The summed E-state index contributed by atoms with van der Waals surface area (Å²) < 4.78 is 0. The van der Waals surface area contributed by atoms with Crippen molar-refractivity contribution >= 4 is 29.1 Å². The highest BCUT2D eigenvalue weighted by Gasteiger charge is 2.39. The van der Waals surface area contributed by atoms with Gasteiger partial charge in [0.05, 0.1) is 0 Å². The maximum absolute atomic E-state index is 12.9. The number of thiophene rings is 1. The van der Waals surface area contributed by atoms with Gasteiger partial charge in [-0.1, -0.05) is 36.4 Å². The number of amides is 3. The van der Waals surface area contributed by atoms with Gasteiger partial charge in [0.1, 0.15) is 6.04 Å². The zero-order chi connectivity index (χ0) is 25.4. The molecule has 2 saturated heterocycles. The Hall–Kier alpha value is -3.33. The van der Waals surface area contributed by atoms with E-state index in [1.54, 1.807) is 16.2 Å². The molecule has 3 aliphatic heterocycles. The lowest BCUT2D eigenvalue weighted by Gasteiger charge is -2.34. The molecule has 7 nitrogen and oxygen atoms in total. The number of carbonyl (C=O) groups excluding carboxylic acids is 3. The van der Waals surface area contributed by atoms with Gasteiger partial charge < -0.3 is 4.90 Å². The van der Waals surface area contributed by atoms with E-state index in [2.05, 4.69) is 63.0 Å². The van der Waals surface area contributed by atoms with E-state index in [9.17, 15) is 14.4 Å². The first-order valence-corrected chi connectivity index (χ1v) is 13.8. The number of nitrogens with one attached hydrogen (secondary N) is 1. The van der Waals surface area contributed by atoms with Crippen LogP contribution in [0.15, 0.2) is 60.0 Å². The fraction of sp³-hybridized carbons (Fsp3) is 0.345. The molecule has 0 saturated carbocycles. The zero-order valence-electron chi connectivity index (χ0n) is 20.7. The molecule has 3 amide bonds. The second kappa shape index (κ2) is 10.2. The van der Waals surface area contributed by atoms with Crippen LogP contribution in [0.1, 0.15) is 39.9 Å². The Morgan fingerprint density at radius 3 is 2.32 bits per heavy atom. The van der Waals surface area contributed by atoms with Crippen molar-refractivity contribution in [3.8, 4) is 10.4 Å². The number of rotatable bonds is 6. The van der Waals surface area contributed by atoms with Crippen LogP contribution in [0.25, 0.3) is 10.4 Å². The molecule has 6 rings (SSSR count). The van der Waals surface area contributed by atoms with E-state index in [-0.39, 0.29) is 24.1 Å². The summed E-state index contributed by atoms with van der Waals surface area (Å²) >= 11 is 1.78. The van der Waals surface area contributed by atoms with Gasteiger partial charge in [-0.15, -0.1) is 11.3 Å². The number of hydrogen-bond acceptors (Lipinski definition) is 6. The number of piperazine rings is 1. The maximum atomic E-state index is 12.9. The third-order valence-electron chi connectivity index (χ3n) is 7.60. The van der Waals surface area contributed by atoms with Crippen LogP contribution in [-0.4, -0.2) is 64.6 Å². The van der Waals surface area contributed by atoms with Gasteiger partial charge in [0.25, 0.3) is 5.91 Å². The highest BCUT2D eigenvalue weighted by atomic mass is 32.1. The van der Waals surface area contributed by atoms with Crippen molar-refractivity contribution in [2.24, 2.45) is 0 Å². The Bertz CT molecular complexity index is 1330. The van der Waals surface area contributed by atoms with Gasteiger partial charge in [-0.05, 0) is 52.3 Å². The van der Waals surface area contributed by atoms with Crippen LogP contribution in [0.3, 0.4) is 0 Å². The molecule has 1 atom stereocenters. The molecule has 2 fully saturated rings. The molecule has 0 radical (unpaired) electrons. The van der Waals surface area contributed by atoms with Gasteiger partial charge in [-0.2, -0.15) is 0 Å². The quantitative estimate of drug-likeness (QED) is 0.510. The molecule has 1 aromatic heterocycles. The number of fused-ring (bicyclic) bond motifs is 1. The van der Waals surface area contributed by atoms with Crippen molar-refractivity contribution in [1.29, 1.82) is 0 Å². The summed E-state index contributed by atoms with van der Waals surface area (Å²) in [6.07, 6.45) is 0.660. The van der Waals surface area contributed by atoms with Gasteiger partial charge in [-0.25, -0.2) is 0 Å². The fourth-order valence-corrected chi connectivity index (χ4v) is 6.34. The van der Waals surface area contributed by atoms with E-state index in [0.29, 0.717) is 18.5 Å². The first-order valence-electron chi connectivity index (χ1n) is 12.9. The SMILES string of the molecule is O=C1CCC(N2Cc3cc(CN4CCN(Cc5cccc(-c6cccs6)c5)CC4)ccc3C2=O)C(=O)N1. The summed E-state index contributed by atoms with van der Waals surface area (Å²) in [5, 5.41) is 4.48. The second-order valence-corrected chi connectivity index (χ2v) is 11.1. The Morgan fingerprint density at radius 1 is 0.865 bits per heavy atom. The van der Waals surface area contributed by atoms with Gasteiger partial charge in [0, 0.05) is 62.7 Å². The fourth-order valence-electron chi connectivity index (χ4n) is 5.61. The molecule has 3 aromatic rings. The molecule has 2 aromatic carbocycles. The van der Waals surface area contributed by atoms with Crippen molar-refractivity contribution in [2.45, 2.75) is 38.5 Å². The van der Waals surface area contributed by atoms with Crippen LogP contribution in [0, 0.1) is 0 Å². The molecule has 0 bridgehead atoms. The molecule has 1 N–H and O–H groups in total. The number of nitrogens with zero attached hydrogens (tertiary/aromatic N) is 3. The van der Waals surface area contributed by atoms with Crippen LogP contribution in [0.4, 0.5) is 0 Å². The number of carbonyl (C=O) groups is 3. The van der Waals surface area contributed by atoms with E-state index in [1.807, 2.05) is 12.1 Å². The van der Waals surface area contributed by atoms with Crippen LogP contribution >= 0.6 is 11.3 Å². The number of imide groups is 1. The van der Waals surface area contributed by atoms with Gasteiger partial charge >= 0.3 is 0 Å². The number of piperidine rings is 1.